The molecule has 7 nitrogen and oxygen atoms in total. The number of amides is 1. The van der Waals surface area contributed by atoms with E-state index < -0.39 is 10.8 Å². The molecule has 0 radical (unpaired) electrons. The number of nitro groups is 1. The van der Waals surface area contributed by atoms with E-state index in [2.05, 4.69) is 15.6 Å². The van der Waals surface area contributed by atoms with Gasteiger partial charge in [-0.1, -0.05) is 23.7 Å². The van der Waals surface area contributed by atoms with Crippen LogP contribution in [0.2, 0.25) is 5.02 Å². The van der Waals surface area contributed by atoms with Gasteiger partial charge in [-0.05, 0) is 55.8 Å². The Kier molecular flexibility index (Phi) is 6.09. The standard InChI is InChI=1S/C21H19ClN4O3/c1-13-6-8-16(12-17(13)22)25-21(27)15-7-9-19(20(11-15)26(28)29)24-14(2)18-5-3-4-10-23-18/h3-12,14,24H,1-2H3,(H,25,27). The lowest BCUT2D eigenvalue weighted by atomic mass is 10.1. The van der Waals surface area contributed by atoms with Crippen molar-refractivity contribution in [3.05, 3.63) is 92.8 Å². The lowest BCUT2D eigenvalue weighted by molar-refractivity contribution is -0.384. The number of rotatable bonds is 6. The Morgan fingerprint density at radius 1 is 1.17 bits per heavy atom. The molecule has 3 rings (SSSR count). The molecule has 1 atom stereocenters. The second-order valence-corrected chi connectivity index (χ2v) is 6.93. The number of nitrogens with one attached hydrogen (secondary N) is 2. The summed E-state index contributed by atoms with van der Waals surface area (Å²) in [6, 6.07) is 14.7. The highest BCUT2D eigenvalue weighted by atomic mass is 35.5. The molecule has 1 amide bonds. The molecule has 0 aliphatic rings. The summed E-state index contributed by atoms with van der Waals surface area (Å²) in [6.07, 6.45) is 1.66. The van der Waals surface area contributed by atoms with Crippen molar-refractivity contribution in [2.75, 3.05) is 10.6 Å². The summed E-state index contributed by atoms with van der Waals surface area (Å²) >= 11 is 6.08. The molecule has 3 aromatic rings. The molecule has 8 heteroatoms. The van der Waals surface area contributed by atoms with Gasteiger partial charge in [0.2, 0.25) is 0 Å². The number of pyridine rings is 1. The summed E-state index contributed by atoms with van der Waals surface area (Å²) in [5.41, 5.74) is 2.44. The Bertz CT molecular complexity index is 1060. The van der Waals surface area contributed by atoms with Gasteiger partial charge in [0.1, 0.15) is 5.69 Å². The van der Waals surface area contributed by atoms with Crippen molar-refractivity contribution >= 4 is 34.6 Å². The van der Waals surface area contributed by atoms with Crippen LogP contribution in [0.1, 0.15) is 34.6 Å². The summed E-state index contributed by atoms with van der Waals surface area (Å²) in [7, 11) is 0. The Hall–Kier alpha value is -3.45. The van der Waals surface area contributed by atoms with E-state index in [1.165, 1.54) is 18.2 Å². The average molecular weight is 411 g/mol. The largest absolute Gasteiger partial charge is 0.371 e. The van der Waals surface area contributed by atoms with Crippen molar-refractivity contribution in [1.82, 2.24) is 4.98 Å². The fourth-order valence-corrected chi connectivity index (χ4v) is 2.94. The molecule has 0 aliphatic heterocycles. The molecular weight excluding hydrogens is 392 g/mol. The zero-order chi connectivity index (χ0) is 21.0. The zero-order valence-corrected chi connectivity index (χ0v) is 16.6. The molecule has 1 heterocycles. The molecule has 2 N–H and O–H groups in total. The van der Waals surface area contributed by atoms with Crippen LogP contribution in [-0.2, 0) is 0 Å². The molecule has 1 aromatic heterocycles. The highest BCUT2D eigenvalue weighted by molar-refractivity contribution is 6.31. The monoisotopic (exact) mass is 410 g/mol. The van der Waals surface area contributed by atoms with Crippen LogP contribution >= 0.6 is 11.6 Å². The number of halogens is 1. The SMILES string of the molecule is Cc1ccc(NC(=O)c2ccc(NC(C)c3ccccn3)c([N+](=O)[O-])c2)cc1Cl. The van der Waals surface area contributed by atoms with E-state index in [1.807, 2.05) is 26.0 Å². The van der Waals surface area contributed by atoms with E-state index in [9.17, 15) is 14.9 Å². The van der Waals surface area contributed by atoms with Crippen LogP contribution in [0.4, 0.5) is 17.1 Å². The average Bonchev–Trinajstić information content (AvgIpc) is 2.71. The van der Waals surface area contributed by atoms with Gasteiger partial charge < -0.3 is 10.6 Å². The number of nitrogens with zero attached hydrogens (tertiary/aromatic N) is 2. The molecular formula is C21H19ClN4O3. The number of nitro benzene ring substituents is 1. The molecule has 2 aromatic carbocycles. The third-order valence-electron chi connectivity index (χ3n) is 4.39. The normalized spacial score (nSPS) is 11.6. The first-order valence-corrected chi connectivity index (χ1v) is 9.26. The highest BCUT2D eigenvalue weighted by Gasteiger charge is 2.20. The fourth-order valence-electron chi connectivity index (χ4n) is 2.76. The lowest BCUT2D eigenvalue weighted by Crippen LogP contribution is -2.14. The lowest BCUT2D eigenvalue weighted by Gasteiger charge is -2.15. The van der Waals surface area contributed by atoms with Gasteiger partial charge in [-0.15, -0.1) is 0 Å². The van der Waals surface area contributed by atoms with Crippen LogP contribution in [0.15, 0.2) is 60.8 Å². The molecule has 29 heavy (non-hydrogen) atoms. The Balaban J connectivity index is 1.82. The number of carbonyl (C=O) groups is 1. The van der Waals surface area contributed by atoms with Gasteiger partial charge in [0.25, 0.3) is 11.6 Å². The van der Waals surface area contributed by atoms with Gasteiger partial charge in [0.05, 0.1) is 16.7 Å². The van der Waals surface area contributed by atoms with Crippen LogP contribution < -0.4 is 10.6 Å². The number of anilines is 2. The summed E-state index contributed by atoms with van der Waals surface area (Å²) in [5.74, 6) is -0.461. The number of aryl methyl sites for hydroxylation is 1. The maximum atomic E-state index is 12.5. The molecule has 0 fully saturated rings. The molecule has 0 spiro atoms. The summed E-state index contributed by atoms with van der Waals surface area (Å²) in [5, 5.41) is 17.9. The first-order valence-electron chi connectivity index (χ1n) is 8.88. The predicted molar refractivity (Wildman–Crippen MR) is 114 cm³/mol. The highest BCUT2D eigenvalue weighted by Crippen LogP contribution is 2.29. The Morgan fingerprint density at radius 3 is 2.62 bits per heavy atom. The van der Waals surface area contributed by atoms with Crippen molar-refractivity contribution in [1.29, 1.82) is 0 Å². The first-order chi connectivity index (χ1) is 13.8. The van der Waals surface area contributed by atoms with E-state index >= 15 is 0 Å². The van der Waals surface area contributed by atoms with Crippen LogP contribution in [0, 0.1) is 17.0 Å². The minimum Gasteiger partial charge on any atom is -0.371 e. The second kappa shape index (κ2) is 8.70. The summed E-state index contributed by atoms with van der Waals surface area (Å²) < 4.78 is 0. The maximum Gasteiger partial charge on any atom is 0.293 e. The number of aromatic nitrogens is 1. The van der Waals surface area contributed by atoms with Crippen LogP contribution in [0.5, 0.6) is 0 Å². The minimum atomic E-state index is -0.521. The van der Waals surface area contributed by atoms with Gasteiger partial charge in [-0.2, -0.15) is 0 Å². The maximum absolute atomic E-state index is 12.5. The number of hydrogen-bond donors (Lipinski definition) is 2. The van der Waals surface area contributed by atoms with Crippen molar-refractivity contribution in [3.8, 4) is 0 Å². The summed E-state index contributed by atoms with van der Waals surface area (Å²) in [6.45, 7) is 3.71. The molecule has 0 saturated carbocycles. The minimum absolute atomic E-state index is 0.171. The zero-order valence-electron chi connectivity index (χ0n) is 15.8. The van der Waals surface area contributed by atoms with Crippen LogP contribution in [0.3, 0.4) is 0 Å². The van der Waals surface area contributed by atoms with E-state index in [0.29, 0.717) is 16.4 Å². The van der Waals surface area contributed by atoms with Crippen LogP contribution in [-0.4, -0.2) is 15.8 Å². The van der Waals surface area contributed by atoms with Gasteiger partial charge in [0.15, 0.2) is 0 Å². The van der Waals surface area contributed by atoms with E-state index in [4.69, 9.17) is 11.6 Å². The van der Waals surface area contributed by atoms with Gasteiger partial charge in [-0.25, -0.2) is 0 Å². The topological polar surface area (TPSA) is 97.2 Å². The van der Waals surface area contributed by atoms with Gasteiger partial charge in [-0.3, -0.25) is 19.9 Å². The first kappa shape index (κ1) is 20.3. The van der Waals surface area contributed by atoms with Crippen molar-refractivity contribution in [3.63, 3.8) is 0 Å². The molecule has 0 bridgehead atoms. The third-order valence-corrected chi connectivity index (χ3v) is 4.80. The fraction of sp³-hybridized carbons (Fsp3) is 0.143. The van der Waals surface area contributed by atoms with Crippen molar-refractivity contribution in [2.45, 2.75) is 19.9 Å². The van der Waals surface area contributed by atoms with Gasteiger partial charge in [0, 0.05) is 28.5 Å². The smallest absolute Gasteiger partial charge is 0.293 e. The molecule has 0 aliphatic carbocycles. The number of carbonyl (C=O) groups excluding carboxylic acids is 1. The predicted octanol–water partition coefficient (Wildman–Crippen LogP) is 5.38. The number of benzene rings is 2. The Morgan fingerprint density at radius 2 is 1.97 bits per heavy atom. The molecule has 148 valence electrons. The third kappa shape index (κ3) is 4.89. The molecule has 1 unspecified atom stereocenters. The van der Waals surface area contributed by atoms with E-state index in [1.54, 1.807) is 30.5 Å². The van der Waals surface area contributed by atoms with Crippen molar-refractivity contribution in [2.24, 2.45) is 0 Å². The van der Waals surface area contributed by atoms with E-state index in [0.717, 1.165) is 11.3 Å². The number of hydrogen-bond acceptors (Lipinski definition) is 5. The second-order valence-electron chi connectivity index (χ2n) is 6.53. The van der Waals surface area contributed by atoms with Crippen LogP contribution in [0.25, 0.3) is 0 Å². The quantitative estimate of drug-likeness (QED) is 0.420. The van der Waals surface area contributed by atoms with E-state index in [-0.39, 0.29) is 17.3 Å². The summed E-state index contributed by atoms with van der Waals surface area (Å²) in [4.78, 5) is 27.8. The van der Waals surface area contributed by atoms with Crippen molar-refractivity contribution < 1.29 is 9.72 Å². The Labute approximate surface area is 172 Å². The molecule has 0 saturated heterocycles. The van der Waals surface area contributed by atoms with Gasteiger partial charge >= 0.3 is 0 Å².